The average Bonchev–Trinajstić information content (AvgIpc) is 3.16. The Balaban J connectivity index is 1.45. The summed E-state index contributed by atoms with van der Waals surface area (Å²) >= 11 is 0. The molecule has 2 heterocycles. The van der Waals surface area contributed by atoms with E-state index >= 15 is 0 Å². The van der Waals surface area contributed by atoms with Crippen molar-refractivity contribution in [2.24, 2.45) is 0 Å². The number of rotatable bonds is 13. The Morgan fingerprint density at radius 3 is 2.57 bits per heavy atom. The average molecular weight is 513 g/mol. The third kappa shape index (κ3) is 8.38. The molecule has 37 heavy (non-hydrogen) atoms. The van der Waals surface area contributed by atoms with E-state index in [1.807, 2.05) is 0 Å². The Kier molecular flexibility index (Phi) is 9.59. The van der Waals surface area contributed by atoms with E-state index in [4.69, 9.17) is 4.74 Å². The van der Waals surface area contributed by atoms with Gasteiger partial charge in [0.15, 0.2) is 0 Å². The van der Waals surface area contributed by atoms with Crippen molar-refractivity contribution in [3.63, 3.8) is 0 Å². The van der Waals surface area contributed by atoms with Gasteiger partial charge in [-0.2, -0.15) is 0 Å². The number of carbonyl (C=O) groups is 3. The topological polar surface area (TPSA) is 203 Å². The van der Waals surface area contributed by atoms with Crippen molar-refractivity contribution in [2.45, 2.75) is 32.0 Å². The van der Waals surface area contributed by atoms with Crippen LogP contribution in [0.25, 0.3) is 0 Å². The maximum atomic E-state index is 12.3. The van der Waals surface area contributed by atoms with Crippen molar-refractivity contribution in [2.75, 3.05) is 18.4 Å². The molecule has 0 saturated heterocycles. The standard InChI is InChI=1S/C23H27N7O7/c31-18(27-12-17(20(33)34)29-23(36)37-14-15-6-2-1-3-7-15)13-30-19(32)16(28-22(30)35)8-4-9-24-21-25-10-5-11-26-21/h1-3,5-7,10-11,17,32H,4,8-9,12-14H2,(H,27,31)(H,28,35)(H,29,36)(H,33,34)(H,24,25,26)/p-1. The Bertz CT molecular complexity index is 1250. The van der Waals surface area contributed by atoms with Crippen LogP contribution in [0.4, 0.5) is 10.7 Å². The van der Waals surface area contributed by atoms with Gasteiger partial charge in [-0.05, 0) is 24.5 Å². The fourth-order valence-corrected chi connectivity index (χ4v) is 3.20. The van der Waals surface area contributed by atoms with Crippen LogP contribution in [-0.2, 0) is 33.9 Å². The number of nitrogens with one attached hydrogen (secondary N) is 4. The van der Waals surface area contributed by atoms with E-state index in [0.717, 1.165) is 4.57 Å². The molecule has 196 valence electrons. The zero-order valence-corrected chi connectivity index (χ0v) is 19.7. The van der Waals surface area contributed by atoms with Crippen LogP contribution in [0.1, 0.15) is 17.7 Å². The first kappa shape index (κ1) is 26.7. The molecule has 0 spiro atoms. The zero-order valence-electron chi connectivity index (χ0n) is 19.7. The molecule has 5 N–H and O–H groups in total. The van der Waals surface area contributed by atoms with Gasteiger partial charge in [-0.25, -0.2) is 19.6 Å². The number of anilines is 1. The molecule has 1 atom stereocenters. The molecule has 0 fully saturated rings. The van der Waals surface area contributed by atoms with E-state index in [1.54, 1.807) is 48.8 Å². The molecule has 0 radical (unpaired) electrons. The van der Waals surface area contributed by atoms with Crippen LogP contribution in [0, 0.1) is 0 Å². The van der Waals surface area contributed by atoms with Gasteiger partial charge in [0.1, 0.15) is 13.2 Å². The zero-order chi connectivity index (χ0) is 26.6. The van der Waals surface area contributed by atoms with Crippen LogP contribution in [0.2, 0.25) is 0 Å². The number of aromatic hydroxyl groups is 1. The van der Waals surface area contributed by atoms with Gasteiger partial charge in [0, 0.05) is 25.5 Å². The van der Waals surface area contributed by atoms with E-state index in [2.05, 4.69) is 30.9 Å². The number of carbonyl (C=O) groups excluding carboxylic acids is 3. The summed E-state index contributed by atoms with van der Waals surface area (Å²) in [5.41, 5.74) is 0.235. The second-order valence-corrected chi connectivity index (χ2v) is 7.80. The molecule has 1 unspecified atom stereocenters. The third-order valence-corrected chi connectivity index (χ3v) is 5.08. The van der Waals surface area contributed by atoms with Crippen molar-refractivity contribution < 1.29 is 29.3 Å². The minimum Gasteiger partial charge on any atom is -0.548 e. The Morgan fingerprint density at radius 2 is 1.86 bits per heavy atom. The van der Waals surface area contributed by atoms with Gasteiger partial charge in [-0.15, -0.1) is 0 Å². The van der Waals surface area contributed by atoms with Crippen molar-refractivity contribution in [1.29, 1.82) is 0 Å². The highest BCUT2D eigenvalue weighted by atomic mass is 16.5. The molecule has 0 aliphatic rings. The lowest BCUT2D eigenvalue weighted by Gasteiger charge is -2.20. The van der Waals surface area contributed by atoms with Crippen LogP contribution < -0.4 is 26.7 Å². The second kappa shape index (κ2) is 13.3. The van der Waals surface area contributed by atoms with Crippen molar-refractivity contribution in [1.82, 2.24) is 30.2 Å². The van der Waals surface area contributed by atoms with E-state index in [0.29, 0.717) is 30.9 Å². The molecule has 14 nitrogen and oxygen atoms in total. The number of amides is 2. The quantitative estimate of drug-likeness (QED) is 0.174. The van der Waals surface area contributed by atoms with E-state index in [9.17, 15) is 29.4 Å². The predicted molar refractivity (Wildman–Crippen MR) is 127 cm³/mol. The molecule has 2 amide bonds. The number of nitrogens with zero attached hydrogens (tertiary/aromatic N) is 3. The number of carboxylic acids is 1. The van der Waals surface area contributed by atoms with Crippen LogP contribution >= 0.6 is 0 Å². The third-order valence-electron chi connectivity index (χ3n) is 5.08. The van der Waals surface area contributed by atoms with Crippen molar-refractivity contribution in [3.8, 4) is 5.88 Å². The number of H-pyrrole nitrogens is 1. The summed E-state index contributed by atoms with van der Waals surface area (Å²) in [6.45, 7) is -0.702. The fraction of sp³-hybridized carbons (Fsp3) is 0.304. The lowest BCUT2D eigenvalue weighted by atomic mass is 10.2. The summed E-state index contributed by atoms with van der Waals surface area (Å²) < 4.78 is 5.78. The second-order valence-electron chi connectivity index (χ2n) is 7.80. The highest BCUT2D eigenvalue weighted by Crippen LogP contribution is 2.14. The first-order valence-corrected chi connectivity index (χ1v) is 11.3. The summed E-state index contributed by atoms with van der Waals surface area (Å²) in [6, 6.07) is 8.86. The minimum atomic E-state index is -1.64. The number of hydrogen-bond acceptors (Lipinski definition) is 10. The Hall–Kier alpha value is -4.88. The lowest BCUT2D eigenvalue weighted by Crippen LogP contribution is -2.54. The normalized spacial score (nSPS) is 11.4. The molecule has 14 heteroatoms. The molecule has 3 aromatic rings. The highest BCUT2D eigenvalue weighted by molar-refractivity contribution is 5.81. The molecular formula is C23H26N7O7-. The van der Waals surface area contributed by atoms with Gasteiger partial charge in [0.25, 0.3) is 0 Å². The van der Waals surface area contributed by atoms with Crippen molar-refractivity contribution in [3.05, 3.63) is 70.5 Å². The van der Waals surface area contributed by atoms with Gasteiger partial charge in [0.05, 0.1) is 17.7 Å². The fourth-order valence-electron chi connectivity index (χ4n) is 3.20. The van der Waals surface area contributed by atoms with Crippen LogP contribution in [0.5, 0.6) is 5.88 Å². The molecule has 1 aromatic carbocycles. The van der Waals surface area contributed by atoms with Gasteiger partial charge >= 0.3 is 11.8 Å². The first-order valence-electron chi connectivity index (χ1n) is 11.3. The maximum Gasteiger partial charge on any atom is 0.408 e. The predicted octanol–water partition coefficient (Wildman–Crippen LogP) is -1.12. The van der Waals surface area contributed by atoms with Gasteiger partial charge in [-0.1, -0.05) is 30.3 Å². The number of carboxylic acid groups (broad SMARTS) is 1. The van der Waals surface area contributed by atoms with Crippen LogP contribution in [-0.4, -0.2) is 61.7 Å². The SMILES string of the molecule is O=C(Cn1c(O)c(CCCNc2ncccn2)[nH]c1=O)NCC(NC(=O)OCc1ccccc1)C(=O)[O-]. The van der Waals surface area contributed by atoms with Gasteiger partial charge < -0.3 is 40.7 Å². The van der Waals surface area contributed by atoms with Crippen LogP contribution in [0.3, 0.4) is 0 Å². The number of ether oxygens (including phenoxy) is 1. The number of hydrogen-bond donors (Lipinski definition) is 5. The molecule has 2 aromatic heterocycles. The van der Waals surface area contributed by atoms with E-state index < -0.39 is 48.7 Å². The van der Waals surface area contributed by atoms with E-state index in [1.165, 1.54) is 0 Å². The lowest BCUT2D eigenvalue weighted by molar-refractivity contribution is -0.308. The number of benzene rings is 1. The van der Waals surface area contributed by atoms with Crippen LogP contribution in [0.15, 0.2) is 53.6 Å². The van der Waals surface area contributed by atoms with Crippen molar-refractivity contribution >= 4 is 23.9 Å². The number of aromatic nitrogens is 4. The maximum absolute atomic E-state index is 12.3. The summed E-state index contributed by atoms with van der Waals surface area (Å²) in [6.07, 6.45) is 3.00. The van der Waals surface area contributed by atoms with E-state index in [-0.39, 0.29) is 12.3 Å². The molecule has 0 saturated carbocycles. The number of alkyl carbamates (subject to hydrolysis) is 1. The first-order chi connectivity index (χ1) is 17.8. The summed E-state index contributed by atoms with van der Waals surface area (Å²) in [5.74, 6) is -2.37. The number of aryl methyl sites for hydroxylation is 1. The largest absolute Gasteiger partial charge is 0.548 e. The Labute approximate surface area is 210 Å². The summed E-state index contributed by atoms with van der Waals surface area (Å²) in [7, 11) is 0. The molecule has 0 aliphatic heterocycles. The number of imidazole rings is 1. The molecular weight excluding hydrogens is 486 g/mol. The molecule has 0 aliphatic carbocycles. The van der Waals surface area contributed by atoms with Gasteiger partial charge in [0.2, 0.25) is 17.7 Å². The smallest absolute Gasteiger partial charge is 0.408 e. The summed E-state index contributed by atoms with van der Waals surface area (Å²) in [5, 5.41) is 29.1. The highest BCUT2D eigenvalue weighted by Gasteiger charge is 2.18. The molecule has 0 bridgehead atoms. The monoisotopic (exact) mass is 512 g/mol. The number of aromatic amines is 1. The minimum absolute atomic E-state index is 0.0765. The summed E-state index contributed by atoms with van der Waals surface area (Å²) in [4.78, 5) is 58.3. The van der Waals surface area contributed by atoms with Gasteiger partial charge in [-0.3, -0.25) is 9.36 Å². The molecule has 3 rings (SSSR count). The Morgan fingerprint density at radius 1 is 1.14 bits per heavy atom. The number of aliphatic carboxylic acids is 1.